The van der Waals surface area contributed by atoms with Crippen LogP contribution in [0.1, 0.15) is 0 Å². The maximum Gasteiger partial charge on any atom is 0.169 e. The Kier molecular flexibility index (Phi) is 6.78. The number of nitrogens with zero attached hydrogens (tertiary/aromatic N) is 3. The van der Waals surface area contributed by atoms with Crippen molar-refractivity contribution in [2.24, 2.45) is 0 Å². The van der Waals surface area contributed by atoms with E-state index < -0.39 is 0 Å². The molecule has 1 fully saturated rings. The molecule has 7 heteroatoms. The number of thiocarbonyl (C=S) groups is 1. The first kappa shape index (κ1) is 18.3. The molecule has 2 aromatic rings. The Morgan fingerprint density at radius 3 is 2.56 bits per heavy atom. The van der Waals surface area contributed by atoms with Gasteiger partial charge in [0, 0.05) is 54.6 Å². The van der Waals surface area contributed by atoms with E-state index in [-0.39, 0.29) is 0 Å². The number of halogens is 1. The number of rotatable bonds is 5. The second-order valence-electron chi connectivity index (χ2n) is 5.70. The van der Waals surface area contributed by atoms with Crippen LogP contribution in [0, 0.1) is 0 Å². The summed E-state index contributed by atoms with van der Waals surface area (Å²) < 4.78 is 0. The molecule has 1 saturated heterocycles. The van der Waals surface area contributed by atoms with Crippen molar-refractivity contribution in [1.82, 2.24) is 15.2 Å². The van der Waals surface area contributed by atoms with Crippen LogP contribution in [0.4, 0.5) is 5.82 Å². The number of nitrogens with one attached hydrogen (secondary N) is 1. The van der Waals surface area contributed by atoms with E-state index in [0.717, 1.165) is 54.4 Å². The molecule has 1 aromatic heterocycles. The molecule has 3 rings (SSSR count). The van der Waals surface area contributed by atoms with Gasteiger partial charge in [-0.3, -0.25) is 0 Å². The van der Waals surface area contributed by atoms with E-state index in [4.69, 9.17) is 23.8 Å². The van der Waals surface area contributed by atoms with Crippen LogP contribution in [0.3, 0.4) is 0 Å². The molecule has 25 heavy (non-hydrogen) atoms. The lowest BCUT2D eigenvalue weighted by molar-refractivity contribution is 0.380. The molecule has 1 aliphatic heterocycles. The standard InChI is InChI=1S/C18H21ClN4S2/c19-15-4-6-16(7-5-15)25-14-9-21-18(24)23-12-10-22(11-13-23)17-3-1-2-8-20-17/h1-8H,9-14H2,(H,21,24). The number of anilines is 1. The lowest BCUT2D eigenvalue weighted by Crippen LogP contribution is -2.52. The monoisotopic (exact) mass is 392 g/mol. The first-order valence-electron chi connectivity index (χ1n) is 8.29. The van der Waals surface area contributed by atoms with Gasteiger partial charge >= 0.3 is 0 Å². The first-order valence-corrected chi connectivity index (χ1v) is 10.1. The third kappa shape index (κ3) is 5.49. The second-order valence-corrected chi connectivity index (χ2v) is 7.69. The fourth-order valence-electron chi connectivity index (χ4n) is 2.65. The number of piperazine rings is 1. The van der Waals surface area contributed by atoms with Crippen LogP contribution in [0.2, 0.25) is 5.02 Å². The second kappa shape index (κ2) is 9.27. The fraction of sp³-hybridized carbons (Fsp3) is 0.333. The average Bonchev–Trinajstić information content (AvgIpc) is 2.67. The molecule has 132 valence electrons. The van der Waals surface area contributed by atoms with Crippen LogP contribution in [0.5, 0.6) is 0 Å². The lowest BCUT2D eigenvalue weighted by Gasteiger charge is -2.36. The number of hydrogen-bond acceptors (Lipinski definition) is 4. The van der Waals surface area contributed by atoms with E-state index in [1.165, 1.54) is 4.90 Å². The van der Waals surface area contributed by atoms with E-state index in [0.29, 0.717) is 0 Å². The molecular formula is C18H21ClN4S2. The molecule has 0 radical (unpaired) electrons. The summed E-state index contributed by atoms with van der Waals surface area (Å²) in [5.41, 5.74) is 0. The highest BCUT2D eigenvalue weighted by atomic mass is 35.5. The van der Waals surface area contributed by atoms with Gasteiger partial charge < -0.3 is 15.1 Å². The van der Waals surface area contributed by atoms with Gasteiger partial charge in [-0.1, -0.05) is 17.7 Å². The molecular weight excluding hydrogens is 372 g/mol. The summed E-state index contributed by atoms with van der Waals surface area (Å²) in [4.78, 5) is 10.2. The van der Waals surface area contributed by atoms with Gasteiger partial charge in [-0.15, -0.1) is 11.8 Å². The number of aromatic nitrogens is 1. The summed E-state index contributed by atoms with van der Waals surface area (Å²) >= 11 is 13.2. The van der Waals surface area contributed by atoms with Crippen molar-refractivity contribution < 1.29 is 0 Å². The van der Waals surface area contributed by atoms with Crippen molar-refractivity contribution in [2.75, 3.05) is 43.4 Å². The van der Waals surface area contributed by atoms with Crippen LogP contribution >= 0.6 is 35.6 Å². The molecule has 0 atom stereocenters. The zero-order valence-corrected chi connectivity index (χ0v) is 16.3. The zero-order valence-electron chi connectivity index (χ0n) is 13.9. The van der Waals surface area contributed by atoms with Gasteiger partial charge in [-0.25, -0.2) is 4.98 Å². The molecule has 0 aliphatic carbocycles. The van der Waals surface area contributed by atoms with Gasteiger partial charge in [-0.05, 0) is 48.6 Å². The van der Waals surface area contributed by atoms with Gasteiger partial charge in [0.15, 0.2) is 5.11 Å². The van der Waals surface area contributed by atoms with Crippen molar-refractivity contribution in [3.63, 3.8) is 0 Å². The van der Waals surface area contributed by atoms with Gasteiger partial charge in [0.2, 0.25) is 0 Å². The molecule has 1 aliphatic rings. The SMILES string of the molecule is S=C(NCCSc1ccc(Cl)cc1)N1CCN(c2ccccn2)CC1. The van der Waals surface area contributed by atoms with E-state index in [9.17, 15) is 0 Å². The van der Waals surface area contributed by atoms with Crippen LogP contribution in [-0.2, 0) is 0 Å². The lowest BCUT2D eigenvalue weighted by atomic mass is 10.3. The van der Waals surface area contributed by atoms with Crippen molar-refractivity contribution in [1.29, 1.82) is 0 Å². The topological polar surface area (TPSA) is 31.4 Å². The highest BCUT2D eigenvalue weighted by molar-refractivity contribution is 7.99. The minimum Gasteiger partial charge on any atom is -0.362 e. The van der Waals surface area contributed by atoms with Crippen molar-refractivity contribution in [2.45, 2.75) is 4.90 Å². The van der Waals surface area contributed by atoms with E-state index in [2.05, 4.69) is 26.2 Å². The number of pyridine rings is 1. The highest BCUT2D eigenvalue weighted by Crippen LogP contribution is 2.19. The minimum absolute atomic E-state index is 0.772. The Labute approximate surface area is 163 Å². The Morgan fingerprint density at radius 1 is 1.12 bits per heavy atom. The Balaban J connectivity index is 1.36. The summed E-state index contributed by atoms with van der Waals surface area (Å²) in [6.07, 6.45) is 1.84. The molecule has 0 saturated carbocycles. The average molecular weight is 393 g/mol. The first-order chi connectivity index (χ1) is 12.2. The largest absolute Gasteiger partial charge is 0.362 e. The van der Waals surface area contributed by atoms with Crippen molar-refractivity contribution in [3.8, 4) is 0 Å². The molecule has 4 nitrogen and oxygen atoms in total. The molecule has 1 aromatic carbocycles. The van der Waals surface area contributed by atoms with Crippen LogP contribution in [0.15, 0.2) is 53.6 Å². The predicted octanol–water partition coefficient (Wildman–Crippen LogP) is 3.52. The van der Waals surface area contributed by atoms with Crippen LogP contribution in [0.25, 0.3) is 0 Å². The Hall–Kier alpha value is -1.50. The zero-order chi connectivity index (χ0) is 17.5. The smallest absolute Gasteiger partial charge is 0.169 e. The number of hydrogen-bond donors (Lipinski definition) is 1. The summed E-state index contributed by atoms with van der Waals surface area (Å²) in [6, 6.07) is 14.0. The molecule has 0 spiro atoms. The van der Waals surface area contributed by atoms with Gasteiger partial charge in [0.1, 0.15) is 5.82 Å². The van der Waals surface area contributed by atoms with Crippen LogP contribution in [-0.4, -0.2) is 53.5 Å². The summed E-state index contributed by atoms with van der Waals surface area (Å²) in [5, 5.41) is 4.98. The quantitative estimate of drug-likeness (QED) is 0.476. The molecule has 0 bridgehead atoms. The third-order valence-electron chi connectivity index (χ3n) is 4.00. The van der Waals surface area contributed by atoms with Crippen LogP contribution < -0.4 is 10.2 Å². The summed E-state index contributed by atoms with van der Waals surface area (Å²) in [7, 11) is 0. The van der Waals surface area contributed by atoms with Gasteiger partial charge in [0.05, 0.1) is 0 Å². The maximum atomic E-state index is 5.90. The molecule has 0 amide bonds. The molecule has 1 N–H and O–H groups in total. The summed E-state index contributed by atoms with van der Waals surface area (Å²) in [5.74, 6) is 2.01. The number of benzene rings is 1. The van der Waals surface area contributed by atoms with E-state index >= 15 is 0 Å². The minimum atomic E-state index is 0.772. The van der Waals surface area contributed by atoms with Crippen molar-refractivity contribution >= 4 is 46.5 Å². The number of thioether (sulfide) groups is 1. The molecule has 0 unspecified atom stereocenters. The normalized spacial score (nSPS) is 14.4. The van der Waals surface area contributed by atoms with Crippen molar-refractivity contribution in [3.05, 3.63) is 53.7 Å². The molecule has 2 heterocycles. The van der Waals surface area contributed by atoms with E-state index in [1.807, 2.05) is 42.6 Å². The van der Waals surface area contributed by atoms with Gasteiger partial charge in [-0.2, -0.15) is 0 Å². The third-order valence-corrected chi connectivity index (χ3v) is 5.67. The Bertz CT molecular complexity index is 673. The van der Waals surface area contributed by atoms with E-state index in [1.54, 1.807) is 11.8 Å². The summed E-state index contributed by atoms with van der Waals surface area (Å²) in [6.45, 7) is 4.59. The van der Waals surface area contributed by atoms with Gasteiger partial charge in [0.25, 0.3) is 0 Å². The maximum absolute atomic E-state index is 5.90. The Morgan fingerprint density at radius 2 is 1.88 bits per heavy atom. The predicted molar refractivity (Wildman–Crippen MR) is 111 cm³/mol. The fourth-order valence-corrected chi connectivity index (χ4v) is 3.83. The highest BCUT2D eigenvalue weighted by Gasteiger charge is 2.19.